The third-order valence-electron chi connectivity index (χ3n) is 11.5. The predicted octanol–water partition coefficient (Wildman–Crippen LogP) is 18.9. The van der Waals surface area contributed by atoms with E-state index < -0.39 is 6.10 Å². The molecule has 390 valence electrons. The second-order valence-electron chi connectivity index (χ2n) is 18.1. The normalized spacial score (nSPS) is 13.0. The lowest BCUT2D eigenvalue weighted by atomic mass is 10.0. The molecule has 0 fully saturated rings. The Morgan fingerprint density at radius 1 is 0.304 bits per heavy atom. The molecule has 0 saturated heterocycles. The van der Waals surface area contributed by atoms with Gasteiger partial charge in [-0.1, -0.05) is 232 Å². The molecule has 0 heterocycles. The van der Waals surface area contributed by atoms with Crippen LogP contribution in [0.2, 0.25) is 0 Å². The maximum atomic E-state index is 12.8. The summed E-state index contributed by atoms with van der Waals surface area (Å²) in [5, 5.41) is 0. The fourth-order valence-electron chi connectivity index (χ4n) is 7.32. The molecule has 0 aromatic rings. The summed E-state index contributed by atoms with van der Waals surface area (Å²) in [6.07, 6.45) is 77.6. The van der Waals surface area contributed by atoms with Crippen molar-refractivity contribution in [2.45, 2.75) is 245 Å². The minimum absolute atomic E-state index is 0.103. The lowest BCUT2D eigenvalue weighted by Crippen LogP contribution is -2.30. The van der Waals surface area contributed by atoms with Gasteiger partial charge >= 0.3 is 17.9 Å². The van der Waals surface area contributed by atoms with Crippen molar-refractivity contribution >= 4 is 17.9 Å². The van der Waals surface area contributed by atoms with Gasteiger partial charge in [-0.05, 0) is 109 Å². The van der Waals surface area contributed by atoms with Crippen LogP contribution in [-0.2, 0) is 28.6 Å². The molecule has 6 heteroatoms. The Labute approximate surface area is 424 Å². The number of hydrogen-bond donors (Lipinski definition) is 0. The van der Waals surface area contributed by atoms with Gasteiger partial charge in [-0.25, -0.2) is 0 Å². The van der Waals surface area contributed by atoms with Crippen LogP contribution in [0.25, 0.3) is 0 Å². The summed E-state index contributed by atoms with van der Waals surface area (Å²) in [4.78, 5) is 38.1. The van der Waals surface area contributed by atoms with Crippen LogP contribution in [0.3, 0.4) is 0 Å². The lowest BCUT2D eigenvalue weighted by molar-refractivity contribution is -0.167. The van der Waals surface area contributed by atoms with Crippen LogP contribution in [0.1, 0.15) is 239 Å². The molecule has 6 nitrogen and oxygen atoms in total. The van der Waals surface area contributed by atoms with E-state index >= 15 is 0 Å². The van der Waals surface area contributed by atoms with Gasteiger partial charge in [-0.15, -0.1) is 0 Å². The van der Waals surface area contributed by atoms with E-state index in [1.54, 1.807) is 0 Å². The predicted molar refractivity (Wildman–Crippen MR) is 297 cm³/mol. The zero-order valence-corrected chi connectivity index (χ0v) is 44.5. The number of rotatable bonds is 49. The van der Waals surface area contributed by atoms with E-state index in [9.17, 15) is 14.4 Å². The van der Waals surface area contributed by atoms with Crippen molar-refractivity contribution in [3.8, 4) is 0 Å². The molecule has 0 aliphatic heterocycles. The van der Waals surface area contributed by atoms with Gasteiger partial charge in [0.2, 0.25) is 0 Å². The van der Waals surface area contributed by atoms with Gasteiger partial charge in [-0.3, -0.25) is 14.4 Å². The van der Waals surface area contributed by atoms with Gasteiger partial charge in [0.05, 0.1) is 0 Å². The average molecular weight is 956 g/mol. The third kappa shape index (κ3) is 54.6. The Bertz CT molecular complexity index is 1470. The number of ether oxygens (including phenoxy) is 3. The first-order valence-electron chi connectivity index (χ1n) is 28.0. The summed E-state index contributed by atoms with van der Waals surface area (Å²) in [7, 11) is 0. The molecule has 0 bridgehead atoms. The van der Waals surface area contributed by atoms with Crippen molar-refractivity contribution in [3.63, 3.8) is 0 Å². The van der Waals surface area contributed by atoms with Crippen molar-refractivity contribution in [3.05, 3.63) is 122 Å². The molecular weight excluding hydrogens is 853 g/mol. The van der Waals surface area contributed by atoms with Crippen molar-refractivity contribution in [2.24, 2.45) is 0 Å². The highest BCUT2D eigenvalue weighted by molar-refractivity contribution is 5.71. The van der Waals surface area contributed by atoms with Gasteiger partial charge in [0.25, 0.3) is 0 Å². The number of carbonyl (C=O) groups excluding carboxylic acids is 3. The van der Waals surface area contributed by atoms with Crippen molar-refractivity contribution in [1.29, 1.82) is 0 Å². The maximum absolute atomic E-state index is 12.8. The van der Waals surface area contributed by atoms with E-state index in [-0.39, 0.29) is 37.5 Å². The Hall–Kier alpha value is -4.19. The molecule has 0 spiro atoms. The number of allylic oxidation sites excluding steroid dienone is 20. The molecule has 1 atom stereocenters. The van der Waals surface area contributed by atoms with Gasteiger partial charge < -0.3 is 14.2 Å². The molecule has 0 saturated carbocycles. The molecular formula is C63H102O6. The van der Waals surface area contributed by atoms with E-state index in [1.807, 2.05) is 0 Å². The van der Waals surface area contributed by atoms with Crippen LogP contribution in [0.15, 0.2) is 122 Å². The number of carbonyl (C=O) groups is 3. The quantitative estimate of drug-likeness (QED) is 0.0262. The Morgan fingerprint density at radius 2 is 0.565 bits per heavy atom. The van der Waals surface area contributed by atoms with Gasteiger partial charge in [0.1, 0.15) is 13.2 Å². The highest BCUT2D eigenvalue weighted by Gasteiger charge is 2.19. The number of unbranched alkanes of at least 4 members (excludes halogenated alkanes) is 18. The number of hydrogen-bond acceptors (Lipinski definition) is 6. The van der Waals surface area contributed by atoms with Crippen LogP contribution < -0.4 is 0 Å². The van der Waals surface area contributed by atoms with Crippen LogP contribution >= 0.6 is 0 Å². The van der Waals surface area contributed by atoms with E-state index in [1.165, 1.54) is 64.2 Å². The molecule has 1 unspecified atom stereocenters. The topological polar surface area (TPSA) is 78.9 Å². The summed E-state index contributed by atoms with van der Waals surface area (Å²) in [5.74, 6) is -0.975. The number of esters is 3. The molecule has 0 rings (SSSR count). The Kier molecular flexibility index (Phi) is 53.0. The second-order valence-corrected chi connectivity index (χ2v) is 18.1. The zero-order chi connectivity index (χ0) is 50.0. The summed E-state index contributed by atoms with van der Waals surface area (Å²) in [6, 6.07) is 0. The first-order valence-corrected chi connectivity index (χ1v) is 28.0. The Balaban J connectivity index is 4.51. The highest BCUT2D eigenvalue weighted by atomic mass is 16.6. The molecule has 0 aromatic heterocycles. The highest BCUT2D eigenvalue weighted by Crippen LogP contribution is 2.14. The fraction of sp³-hybridized carbons (Fsp3) is 0.635. The standard InChI is InChI=1S/C63H102O6/c1-4-7-10-13-16-19-22-25-27-29-30-31-32-34-35-38-41-44-47-50-53-56-62(65)68-59-60(58-67-61(64)55-52-49-46-43-40-37-24-21-18-15-12-9-6-3)69-63(66)57-54-51-48-45-42-39-36-33-28-26-23-20-17-14-11-8-5-2/h7-8,10-11,16-17,19-20,25-28,30-31,34-36,39,41,44,60H,4-6,9,12-15,18,21-24,29,32-33,37-38,40,42-43,45-59H2,1-3H3/b10-7-,11-8-,19-16-,20-17-,27-25-,28-26-,31-30-,35-34-,39-36-,44-41-. The molecule has 0 aliphatic carbocycles. The SMILES string of the molecule is CC/C=C\C/C=C\C/C=C\C/C=C\C/C=C\C/C=C\CCCCC(=O)OCC(COC(=O)CCCCCCCCCCCCCCC)OC(=O)CCCCCC/C=C\C/C=C\C/C=C\C/C=C\CC. The molecule has 0 N–H and O–H groups in total. The van der Waals surface area contributed by atoms with Crippen LogP contribution in [-0.4, -0.2) is 37.2 Å². The van der Waals surface area contributed by atoms with Crippen LogP contribution in [0.5, 0.6) is 0 Å². The summed E-state index contributed by atoms with van der Waals surface area (Å²) in [6.45, 7) is 6.35. The van der Waals surface area contributed by atoms with Crippen LogP contribution in [0, 0.1) is 0 Å². The summed E-state index contributed by atoms with van der Waals surface area (Å²) >= 11 is 0. The minimum atomic E-state index is -0.811. The van der Waals surface area contributed by atoms with E-state index in [4.69, 9.17) is 14.2 Å². The maximum Gasteiger partial charge on any atom is 0.306 e. The van der Waals surface area contributed by atoms with Crippen molar-refractivity contribution in [2.75, 3.05) is 13.2 Å². The van der Waals surface area contributed by atoms with Gasteiger partial charge in [-0.2, -0.15) is 0 Å². The van der Waals surface area contributed by atoms with Crippen molar-refractivity contribution in [1.82, 2.24) is 0 Å². The fourth-order valence-corrected chi connectivity index (χ4v) is 7.32. The van der Waals surface area contributed by atoms with Crippen molar-refractivity contribution < 1.29 is 28.6 Å². The Morgan fingerprint density at radius 3 is 0.913 bits per heavy atom. The van der Waals surface area contributed by atoms with E-state index in [0.717, 1.165) is 128 Å². The second kappa shape index (κ2) is 56.4. The van der Waals surface area contributed by atoms with E-state index in [2.05, 4.69) is 142 Å². The van der Waals surface area contributed by atoms with Gasteiger partial charge in [0, 0.05) is 19.3 Å². The van der Waals surface area contributed by atoms with Crippen LogP contribution in [0.4, 0.5) is 0 Å². The molecule has 0 radical (unpaired) electrons. The largest absolute Gasteiger partial charge is 0.462 e. The zero-order valence-electron chi connectivity index (χ0n) is 44.5. The lowest BCUT2D eigenvalue weighted by Gasteiger charge is -2.18. The first-order chi connectivity index (χ1) is 34.0. The first kappa shape index (κ1) is 64.8. The monoisotopic (exact) mass is 955 g/mol. The van der Waals surface area contributed by atoms with Gasteiger partial charge in [0.15, 0.2) is 6.10 Å². The average Bonchev–Trinajstić information content (AvgIpc) is 3.35. The molecule has 69 heavy (non-hydrogen) atoms. The minimum Gasteiger partial charge on any atom is -0.462 e. The molecule has 0 amide bonds. The molecule has 0 aromatic carbocycles. The summed E-state index contributed by atoms with van der Waals surface area (Å²) < 4.78 is 16.8. The van der Waals surface area contributed by atoms with E-state index in [0.29, 0.717) is 19.3 Å². The molecule has 0 aliphatic rings. The summed E-state index contributed by atoms with van der Waals surface area (Å²) in [5.41, 5.74) is 0. The smallest absolute Gasteiger partial charge is 0.306 e. The third-order valence-corrected chi connectivity index (χ3v) is 11.5.